The van der Waals surface area contributed by atoms with Gasteiger partial charge in [-0.05, 0) is 55.3 Å². The Morgan fingerprint density at radius 1 is 1.20 bits per heavy atom. The highest BCUT2D eigenvalue weighted by molar-refractivity contribution is 7.89. The van der Waals surface area contributed by atoms with Crippen molar-refractivity contribution in [3.05, 3.63) is 65.5 Å². The summed E-state index contributed by atoms with van der Waals surface area (Å²) in [5.41, 5.74) is 2.30. The van der Waals surface area contributed by atoms with Crippen LogP contribution in [-0.2, 0) is 10.0 Å². The normalized spacial score (nSPS) is 17.7. The van der Waals surface area contributed by atoms with E-state index in [1.54, 1.807) is 30.7 Å². The highest BCUT2D eigenvalue weighted by Crippen LogP contribution is 2.34. The Labute approximate surface area is 179 Å². The third-order valence-corrected chi connectivity index (χ3v) is 7.73. The third-order valence-electron chi connectivity index (χ3n) is 5.46. The standard InChI is InChI=1S/C21H19ClN4O3S/c1-14-6-7-16(12-17(14)22)30(27,28)25-10-8-15(13-25)26-20-18(4-2-9-23-20)24-21(26)19-5-3-11-29-19/h2-7,9,11-12,15H,8,10,13H2,1H3. The number of nitrogens with zero attached hydrogens (tertiary/aromatic N) is 4. The van der Waals surface area contributed by atoms with Crippen LogP contribution in [0.3, 0.4) is 0 Å². The summed E-state index contributed by atoms with van der Waals surface area (Å²) in [4.78, 5) is 9.39. The SMILES string of the molecule is Cc1ccc(S(=O)(=O)N2CCC(n3c(-c4ccco4)nc4cccnc43)C2)cc1Cl. The van der Waals surface area contributed by atoms with E-state index >= 15 is 0 Å². The number of hydrogen-bond acceptors (Lipinski definition) is 5. The molecule has 4 aromatic rings. The van der Waals surface area contributed by atoms with Crippen LogP contribution in [0.1, 0.15) is 18.0 Å². The maximum atomic E-state index is 13.2. The second-order valence-electron chi connectivity index (χ2n) is 7.35. The molecule has 5 rings (SSSR count). The van der Waals surface area contributed by atoms with Crippen LogP contribution in [0, 0.1) is 6.92 Å². The van der Waals surface area contributed by atoms with E-state index in [4.69, 9.17) is 16.0 Å². The molecular formula is C21H19ClN4O3S. The summed E-state index contributed by atoms with van der Waals surface area (Å²) in [6, 6.07) is 12.1. The fourth-order valence-corrected chi connectivity index (χ4v) is 5.64. The zero-order chi connectivity index (χ0) is 20.9. The number of hydrogen-bond donors (Lipinski definition) is 0. The van der Waals surface area contributed by atoms with Crippen LogP contribution in [0.2, 0.25) is 5.02 Å². The van der Waals surface area contributed by atoms with Crippen molar-refractivity contribution in [1.29, 1.82) is 0 Å². The van der Waals surface area contributed by atoms with E-state index in [0.717, 1.165) is 11.1 Å². The molecule has 30 heavy (non-hydrogen) atoms. The Balaban J connectivity index is 1.53. The van der Waals surface area contributed by atoms with E-state index in [1.165, 1.54) is 10.4 Å². The van der Waals surface area contributed by atoms with Gasteiger partial charge in [0, 0.05) is 24.3 Å². The molecule has 7 nitrogen and oxygen atoms in total. The average molecular weight is 443 g/mol. The summed E-state index contributed by atoms with van der Waals surface area (Å²) in [5.74, 6) is 1.27. The Hall–Kier alpha value is -2.68. The molecule has 0 bridgehead atoms. The van der Waals surface area contributed by atoms with Crippen LogP contribution >= 0.6 is 11.6 Å². The predicted octanol–water partition coefficient (Wildman–Crippen LogP) is 4.29. The summed E-state index contributed by atoms with van der Waals surface area (Å²) in [7, 11) is -3.65. The van der Waals surface area contributed by atoms with Gasteiger partial charge in [0.05, 0.1) is 17.2 Å². The van der Waals surface area contributed by atoms with E-state index < -0.39 is 10.0 Å². The molecule has 0 radical (unpaired) electrons. The molecule has 1 atom stereocenters. The Kier molecular flexibility index (Phi) is 4.65. The molecule has 9 heteroatoms. The number of benzene rings is 1. The van der Waals surface area contributed by atoms with Crippen molar-refractivity contribution >= 4 is 32.8 Å². The molecule has 3 aromatic heterocycles. The molecule has 0 amide bonds. The Morgan fingerprint density at radius 2 is 2.07 bits per heavy atom. The lowest BCUT2D eigenvalue weighted by molar-refractivity contribution is 0.453. The Morgan fingerprint density at radius 3 is 2.83 bits per heavy atom. The minimum atomic E-state index is -3.65. The fourth-order valence-electron chi connectivity index (χ4n) is 3.88. The number of fused-ring (bicyclic) bond motifs is 1. The number of aromatic nitrogens is 3. The number of halogens is 1. The zero-order valence-corrected chi connectivity index (χ0v) is 17.8. The fraction of sp³-hybridized carbons (Fsp3) is 0.238. The van der Waals surface area contributed by atoms with Crippen LogP contribution in [0.25, 0.3) is 22.7 Å². The second-order valence-corrected chi connectivity index (χ2v) is 9.69. The van der Waals surface area contributed by atoms with Crippen molar-refractivity contribution in [2.45, 2.75) is 24.3 Å². The van der Waals surface area contributed by atoms with Crippen molar-refractivity contribution in [3.63, 3.8) is 0 Å². The number of aryl methyl sites for hydroxylation is 1. The summed E-state index contributed by atoms with van der Waals surface area (Å²) < 4.78 is 35.5. The van der Waals surface area contributed by atoms with Gasteiger partial charge in [-0.1, -0.05) is 17.7 Å². The van der Waals surface area contributed by atoms with Crippen LogP contribution in [0.5, 0.6) is 0 Å². The Bertz CT molecular complexity index is 1330. The number of imidazole rings is 1. The summed E-state index contributed by atoms with van der Waals surface area (Å²) in [6.45, 7) is 2.57. The first-order valence-corrected chi connectivity index (χ1v) is 11.4. The molecule has 1 unspecified atom stereocenters. The number of pyridine rings is 1. The molecule has 0 saturated carbocycles. The van der Waals surface area contributed by atoms with E-state index in [9.17, 15) is 8.42 Å². The van der Waals surface area contributed by atoms with Crippen molar-refractivity contribution in [2.75, 3.05) is 13.1 Å². The average Bonchev–Trinajstić information content (AvgIpc) is 3.48. The third kappa shape index (κ3) is 3.12. The van der Waals surface area contributed by atoms with Crippen LogP contribution < -0.4 is 0 Å². The first-order valence-electron chi connectivity index (χ1n) is 9.58. The van der Waals surface area contributed by atoms with Gasteiger partial charge in [-0.15, -0.1) is 0 Å². The minimum absolute atomic E-state index is 0.110. The molecule has 1 aliphatic heterocycles. The molecule has 4 heterocycles. The van der Waals surface area contributed by atoms with Crippen molar-refractivity contribution < 1.29 is 12.8 Å². The highest BCUT2D eigenvalue weighted by atomic mass is 35.5. The monoisotopic (exact) mass is 442 g/mol. The lowest BCUT2D eigenvalue weighted by Gasteiger charge is -2.18. The minimum Gasteiger partial charge on any atom is -0.461 e. The highest BCUT2D eigenvalue weighted by Gasteiger charge is 2.35. The maximum Gasteiger partial charge on any atom is 0.243 e. The molecule has 1 fully saturated rings. The van der Waals surface area contributed by atoms with Crippen LogP contribution in [-0.4, -0.2) is 40.3 Å². The lowest BCUT2D eigenvalue weighted by Crippen LogP contribution is -2.29. The first-order chi connectivity index (χ1) is 14.4. The van der Waals surface area contributed by atoms with E-state index in [0.29, 0.717) is 41.8 Å². The quantitative estimate of drug-likeness (QED) is 0.471. The van der Waals surface area contributed by atoms with Crippen molar-refractivity contribution in [1.82, 2.24) is 18.8 Å². The second kappa shape index (κ2) is 7.23. The molecular weight excluding hydrogens is 424 g/mol. The smallest absolute Gasteiger partial charge is 0.243 e. The van der Waals surface area contributed by atoms with E-state index in [-0.39, 0.29) is 10.9 Å². The molecule has 1 aromatic carbocycles. The summed E-state index contributed by atoms with van der Waals surface area (Å²) >= 11 is 6.17. The van der Waals surface area contributed by atoms with Gasteiger partial charge in [-0.25, -0.2) is 18.4 Å². The van der Waals surface area contributed by atoms with Gasteiger partial charge < -0.3 is 8.98 Å². The largest absolute Gasteiger partial charge is 0.461 e. The number of sulfonamides is 1. The van der Waals surface area contributed by atoms with Gasteiger partial charge in [0.2, 0.25) is 10.0 Å². The molecule has 1 saturated heterocycles. The van der Waals surface area contributed by atoms with Gasteiger partial charge in [-0.2, -0.15) is 4.31 Å². The lowest BCUT2D eigenvalue weighted by atomic mass is 10.2. The van der Waals surface area contributed by atoms with E-state index in [1.807, 2.05) is 29.7 Å². The summed E-state index contributed by atoms with van der Waals surface area (Å²) in [5, 5.41) is 0.441. The van der Waals surface area contributed by atoms with Gasteiger partial charge in [0.25, 0.3) is 0 Å². The zero-order valence-electron chi connectivity index (χ0n) is 16.2. The van der Waals surface area contributed by atoms with E-state index in [2.05, 4.69) is 9.97 Å². The molecule has 1 aliphatic rings. The molecule has 154 valence electrons. The number of rotatable bonds is 4. The molecule has 0 N–H and O–H groups in total. The molecule has 0 aliphatic carbocycles. The first kappa shape index (κ1) is 19.3. The van der Waals surface area contributed by atoms with Crippen LogP contribution in [0.4, 0.5) is 0 Å². The van der Waals surface area contributed by atoms with Crippen molar-refractivity contribution in [3.8, 4) is 11.6 Å². The van der Waals surface area contributed by atoms with Gasteiger partial charge in [0.15, 0.2) is 17.2 Å². The topological polar surface area (TPSA) is 81.2 Å². The van der Waals surface area contributed by atoms with Crippen LogP contribution in [0.15, 0.2) is 64.2 Å². The van der Waals surface area contributed by atoms with Gasteiger partial charge in [-0.3, -0.25) is 0 Å². The van der Waals surface area contributed by atoms with Gasteiger partial charge in [0.1, 0.15) is 5.52 Å². The van der Waals surface area contributed by atoms with Gasteiger partial charge >= 0.3 is 0 Å². The number of furan rings is 1. The molecule has 0 spiro atoms. The summed E-state index contributed by atoms with van der Waals surface area (Å²) in [6.07, 6.45) is 3.96. The maximum absolute atomic E-state index is 13.2. The van der Waals surface area contributed by atoms with Crippen molar-refractivity contribution in [2.24, 2.45) is 0 Å². The predicted molar refractivity (Wildman–Crippen MR) is 114 cm³/mol.